The van der Waals surface area contributed by atoms with Gasteiger partial charge in [-0.25, -0.2) is 8.42 Å². The minimum absolute atomic E-state index is 0.129. The molecule has 0 saturated carbocycles. The Labute approximate surface area is 123 Å². The number of anilines is 2. The highest BCUT2D eigenvalue weighted by atomic mass is 32.2. The molecule has 2 aromatic rings. The molecule has 0 unspecified atom stereocenters. The lowest BCUT2D eigenvalue weighted by atomic mass is 10.1. The van der Waals surface area contributed by atoms with Crippen LogP contribution in [0.15, 0.2) is 53.4 Å². The van der Waals surface area contributed by atoms with E-state index in [1.54, 1.807) is 43.3 Å². The van der Waals surface area contributed by atoms with Crippen molar-refractivity contribution in [3.63, 3.8) is 0 Å². The molecule has 0 fully saturated rings. The number of nitrogen functional groups attached to an aromatic ring is 1. The first kappa shape index (κ1) is 15.1. The summed E-state index contributed by atoms with van der Waals surface area (Å²) in [6.45, 7) is 1.76. The maximum atomic E-state index is 12.1. The number of hydrogen-bond acceptors (Lipinski definition) is 4. The van der Waals surface area contributed by atoms with Crippen molar-refractivity contribution in [1.29, 1.82) is 0 Å². The molecular weight excluding hydrogens is 288 g/mol. The monoisotopic (exact) mass is 304 g/mol. The number of sulfone groups is 1. The molecule has 0 radical (unpaired) electrons. The average Bonchev–Trinajstić information content (AvgIpc) is 2.44. The van der Waals surface area contributed by atoms with Crippen LogP contribution in [0.5, 0.6) is 0 Å². The lowest BCUT2D eigenvalue weighted by Crippen LogP contribution is -2.23. The van der Waals surface area contributed by atoms with E-state index in [4.69, 9.17) is 5.73 Å². The summed E-state index contributed by atoms with van der Waals surface area (Å²) in [6.07, 6.45) is 0. The van der Waals surface area contributed by atoms with E-state index in [1.165, 1.54) is 12.1 Å². The van der Waals surface area contributed by atoms with Gasteiger partial charge >= 0.3 is 0 Å². The summed E-state index contributed by atoms with van der Waals surface area (Å²) in [6, 6.07) is 13.0. The summed E-state index contributed by atoms with van der Waals surface area (Å²) in [5, 5.41) is 2.58. The molecule has 0 aliphatic heterocycles. The van der Waals surface area contributed by atoms with Gasteiger partial charge in [0, 0.05) is 11.4 Å². The molecule has 0 atom stereocenters. The van der Waals surface area contributed by atoms with Gasteiger partial charge in [0.1, 0.15) is 5.75 Å². The fourth-order valence-corrected chi connectivity index (χ4v) is 3.01. The van der Waals surface area contributed by atoms with Crippen molar-refractivity contribution in [2.45, 2.75) is 11.8 Å². The van der Waals surface area contributed by atoms with Gasteiger partial charge < -0.3 is 11.1 Å². The Morgan fingerprint density at radius 1 is 1.10 bits per heavy atom. The van der Waals surface area contributed by atoms with Crippen molar-refractivity contribution < 1.29 is 13.2 Å². The van der Waals surface area contributed by atoms with E-state index in [0.29, 0.717) is 16.9 Å². The SMILES string of the molecule is Cc1c(N)cccc1NC(=O)CS(=O)(=O)c1ccccc1. The van der Waals surface area contributed by atoms with Crippen LogP contribution in [0.4, 0.5) is 11.4 Å². The summed E-state index contributed by atoms with van der Waals surface area (Å²) in [5.41, 5.74) is 7.51. The Morgan fingerprint density at radius 3 is 2.43 bits per heavy atom. The second-order valence-electron chi connectivity index (χ2n) is 4.64. The van der Waals surface area contributed by atoms with Crippen LogP contribution in [0.2, 0.25) is 0 Å². The lowest BCUT2D eigenvalue weighted by molar-refractivity contribution is -0.113. The van der Waals surface area contributed by atoms with Crippen LogP contribution < -0.4 is 11.1 Å². The summed E-state index contributed by atoms with van der Waals surface area (Å²) >= 11 is 0. The van der Waals surface area contributed by atoms with E-state index in [2.05, 4.69) is 5.32 Å². The number of nitrogens with two attached hydrogens (primary N) is 1. The van der Waals surface area contributed by atoms with Gasteiger partial charge in [-0.3, -0.25) is 4.79 Å². The number of amides is 1. The zero-order chi connectivity index (χ0) is 15.5. The van der Waals surface area contributed by atoms with E-state index in [9.17, 15) is 13.2 Å². The normalized spacial score (nSPS) is 11.1. The maximum absolute atomic E-state index is 12.1. The third kappa shape index (κ3) is 3.61. The molecule has 0 heterocycles. The second-order valence-corrected chi connectivity index (χ2v) is 6.63. The Bertz CT molecular complexity index is 756. The predicted molar refractivity (Wildman–Crippen MR) is 82.7 cm³/mol. The van der Waals surface area contributed by atoms with Crippen LogP contribution in [-0.2, 0) is 14.6 Å². The van der Waals surface area contributed by atoms with Gasteiger partial charge in [-0.2, -0.15) is 0 Å². The van der Waals surface area contributed by atoms with Crippen LogP contribution in [-0.4, -0.2) is 20.1 Å². The van der Waals surface area contributed by atoms with E-state index in [1.807, 2.05) is 0 Å². The number of hydrogen-bond donors (Lipinski definition) is 2. The van der Waals surface area contributed by atoms with Gasteiger partial charge in [-0.1, -0.05) is 24.3 Å². The van der Waals surface area contributed by atoms with E-state index in [-0.39, 0.29) is 4.90 Å². The van der Waals surface area contributed by atoms with Crippen LogP contribution in [0.25, 0.3) is 0 Å². The summed E-state index contributed by atoms with van der Waals surface area (Å²) in [4.78, 5) is 12.1. The van der Waals surface area contributed by atoms with E-state index in [0.717, 1.165) is 0 Å². The Morgan fingerprint density at radius 2 is 1.76 bits per heavy atom. The topological polar surface area (TPSA) is 89.3 Å². The third-order valence-electron chi connectivity index (χ3n) is 3.07. The third-order valence-corrected chi connectivity index (χ3v) is 4.71. The maximum Gasteiger partial charge on any atom is 0.239 e. The zero-order valence-electron chi connectivity index (χ0n) is 11.5. The highest BCUT2D eigenvalue weighted by Crippen LogP contribution is 2.20. The molecule has 2 aromatic carbocycles. The minimum Gasteiger partial charge on any atom is -0.398 e. The summed E-state index contributed by atoms with van der Waals surface area (Å²) in [7, 11) is -3.65. The van der Waals surface area contributed by atoms with Gasteiger partial charge in [0.25, 0.3) is 0 Å². The smallest absolute Gasteiger partial charge is 0.239 e. The minimum atomic E-state index is -3.65. The molecular formula is C15H16N2O3S. The predicted octanol–water partition coefficient (Wildman–Crippen LogP) is 1.99. The molecule has 21 heavy (non-hydrogen) atoms. The Balaban J connectivity index is 2.14. The molecule has 3 N–H and O–H groups in total. The number of carbonyl (C=O) groups is 1. The van der Waals surface area contributed by atoms with Gasteiger partial charge in [0.05, 0.1) is 4.90 Å². The first-order valence-electron chi connectivity index (χ1n) is 6.33. The molecule has 2 rings (SSSR count). The van der Waals surface area contributed by atoms with Crippen LogP contribution >= 0.6 is 0 Å². The van der Waals surface area contributed by atoms with Gasteiger partial charge in [-0.15, -0.1) is 0 Å². The Kier molecular flexibility index (Phi) is 4.28. The number of benzene rings is 2. The van der Waals surface area contributed by atoms with Crippen LogP contribution in [0.1, 0.15) is 5.56 Å². The first-order chi connectivity index (χ1) is 9.90. The van der Waals surface area contributed by atoms with Gasteiger partial charge in [-0.05, 0) is 36.8 Å². The van der Waals surface area contributed by atoms with E-state index < -0.39 is 21.5 Å². The lowest BCUT2D eigenvalue weighted by Gasteiger charge is -2.10. The van der Waals surface area contributed by atoms with Crippen molar-refractivity contribution in [3.8, 4) is 0 Å². The highest BCUT2D eigenvalue weighted by Gasteiger charge is 2.19. The molecule has 1 amide bonds. The molecule has 0 aliphatic rings. The van der Waals surface area contributed by atoms with Crippen molar-refractivity contribution >= 4 is 27.1 Å². The molecule has 0 saturated heterocycles. The second kappa shape index (κ2) is 5.97. The number of nitrogens with one attached hydrogen (secondary N) is 1. The summed E-state index contributed by atoms with van der Waals surface area (Å²) < 4.78 is 24.2. The summed E-state index contributed by atoms with van der Waals surface area (Å²) in [5.74, 6) is -1.20. The standard InChI is InChI=1S/C15H16N2O3S/c1-11-13(16)8-5-9-14(11)17-15(18)10-21(19,20)12-6-3-2-4-7-12/h2-9H,10,16H2,1H3,(H,17,18). The number of carbonyl (C=O) groups excluding carboxylic acids is 1. The van der Waals surface area contributed by atoms with E-state index >= 15 is 0 Å². The van der Waals surface area contributed by atoms with Crippen LogP contribution in [0, 0.1) is 6.92 Å². The molecule has 0 aromatic heterocycles. The number of rotatable bonds is 4. The van der Waals surface area contributed by atoms with Crippen molar-refractivity contribution in [1.82, 2.24) is 0 Å². The molecule has 0 spiro atoms. The van der Waals surface area contributed by atoms with Crippen molar-refractivity contribution in [3.05, 3.63) is 54.1 Å². The van der Waals surface area contributed by atoms with Gasteiger partial charge in [0.2, 0.25) is 5.91 Å². The first-order valence-corrected chi connectivity index (χ1v) is 7.98. The highest BCUT2D eigenvalue weighted by molar-refractivity contribution is 7.92. The van der Waals surface area contributed by atoms with Crippen LogP contribution in [0.3, 0.4) is 0 Å². The Hall–Kier alpha value is -2.34. The largest absolute Gasteiger partial charge is 0.398 e. The quantitative estimate of drug-likeness (QED) is 0.845. The average molecular weight is 304 g/mol. The fourth-order valence-electron chi connectivity index (χ4n) is 1.86. The fraction of sp³-hybridized carbons (Fsp3) is 0.133. The molecule has 110 valence electrons. The van der Waals surface area contributed by atoms with Crippen molar-refractivity contribution in [2.24, 2.45) is 0 Å². The molecule has 0 aliphatic carbocycles. The molecule has 5 nitrogen and oxygen atoms in total. The molecule has 6 heteroatoms. The zero-order valence-corrected chi connectivity index (χ0v) is 12.4. The van der Waals surface area contributed by atoms with Gasteiger partial charge in [0.15, 0.2) is 9.84 Å². The molecule has 0 bridgehead atoms. The van der Waals surface area contributed by atoms with Crippen molar-refractivity contribution in [2.75, 3.05) is 16.8 Å².